The Kier molecular flexibility index (Phi) is 2.55. The standard InChI is InChI=1S/C10H11ClO4/c1-13-7-4-6(10(11)12)5-8(14-2)9(7)15-3/h4-5H,1-3H3/i1D3. The quantitative estimate of drug-likeness (QED) is 0.747. The molecule has 0 aliphatic heterocycles. The van der Waals surface area contributed by atoms with Crippen molar-refractivity contribution in [3.8, 4) is 17.2 Å². The highest BCUT2D eigenvalue weighted by Gasteiger charge is 2.15. The molecule has 0 fully saturated rings. The van der Waals surface area contributed by atoms with Gasteiger partial charge in [0, 0.05) is 5.56 Å². The molecular weight excluding hydrogens is 220 g/mol. The van der Waals surface area contributed by atoms with E-state index in [0.29, 0.717) is 0 Å². The van der Waals surface area contributed by atoms with Gasteiger partial charge in [-0.2, -0.15) is 0 Å². The van der Waals surface area contributed by atoms with Gasteiger partial charge in [0.15, 0.2) is 11.5 Å². The molecule has 0 radical (unpaired) electrons. The van der Waals surface area contributed by atoms with Crippen molar-refractivity contribution >= 4 is 16.8 Å². The van der Waals surface area contributed by atoms with Crippen LogP contribution >= 0.6 is 11.6 Å². The fourth-order valence-corrected chi connectivity index (χ4v) is 1.23. The molecule has 0 amide bonds. The second-order valence-electron chi connectivity index (χ2n) is 2.59. The summed E-state index contributed by atoms with van der Waals surface area (Å²) in [5.74, 6) is 0.0967. The van der Waals surface area contributed by atoms with Gasteiger partial charge in [0.25, 0.3) is 5.24 Å². The van der Waals surface area contributed by atoms with E-state index in [9.17, 15) is 4.79 Å². The lowest BCUT2D eigenvalue weighted by atomic mass is 10.2. The normalized spacial score (nSPS) is 13.4. The highest BCUT2D eigenvalue weighted by atomic mass is 35.5. The largest absolute Gasteiger partial charge is 0.493 e. The topological polar surface area (TPSA) is 44.8 Å². The van der Waals surface area contributed by atoms with Gasteiger partial charge < -0.3 is 14.2 Å². The van der Waals surface area contributed by atoms with Crippen LogP contribution in [0.4, 0.5) is 0 Å². The van der Waals surface area contributed by atoms with Crippen molar-refractivity contribution in [3.05, 3.63) is 17.7 Å². The van der Waals surface area contributed by atoms with Crippen molar-refractivity contribution in [3.63, 3.8) is 0 Å². The van der Waals surface area contributed by atoms with Crippen LogP contribution in [0.1, 0.15) is 14.5 Å². The molecule has 0 unspecified atom stereocenters. The van der Waals surface area contributed by atoms with Crippen LogP contribution < -0.4 is 14.2 Å². The van der Waals surface area contributed by atoms with Crippen molar-refractivity contribution in [2.45, 2.75) is 0 Å². The van der Waals surface area contributed by atoms with Gasteiger partial charge in [-0.05, 0) is 23.7 Å². The predicted molar refractivity (Wildman–Crippen MR) is 56.3 cm³/mol. The molecule has 0 atom stereocenters. The summed E-state index contributed by atoms with van der Waals surface area (Å²) in [6.07, 6.45) is 0. The molecule has 0 saturated heterocycles. The second-order valence-corrected chi connectivity index (χ2v) is 2.93. The Morgan fingerprint density at radius 2 is 1.87 bits per heavy atom. The Labute approximate surface area is 96.9 Å². The summed E-state index contributed by atoms with van der Waals surface area (Å²) in [5, 5.41) is -0.758. The number of rotatable bonds is 4. The first-order chi connectivity index (χ1) is 8.28. The van der Waals surface area contributed by atoms with Crippen molar-refractivity contribution in [1.29, 1.82) is 0 Å². The monoisotopic (exact) mass is 233 g/mol. The zero-order valence-electron chi connectivity index (χ0n) is 11.2. The van der Waals surface area contributed by atoms with E-state index in [2.05, 4.69) is 0 Å². The van der Waals surface area contributed by atoms with E-state index in [0.717, 1.165) is 0 Å². The molecule has 0 aliphatic carbocycles. The number of carbonyl (C=O) groups excluding carboxylic acids is 1. The molecule has 1 aromatic rings. The number of halogens is 1. The maximum atomic E-state index is 11.1. The van der Waals surface area contributed by atoms with Crippen LogP contribution in [-0.4, -0.2) is 26.5 Å². The Morgan fingerprint density at radius 3 is 2.27 bits per heavy atom. The predicted octanol–water partition coefficient (Wildman–Crippen LogP) is 2.09. The van der Waals surface area contributed by atoms with Crippen LogP contribution in [0.25, 0.3) is 0 Å². The smallest absolute Gasteiger partial charge is 0.252 e. The Balaban J connectivity index is 3.35. The van der Waals surface area contributed by atoms with Gasteiger partial charge >= 0.3 is 0 Å². The molecule has 0 aromatic heterocycles. The lowest BCUT2D eigenvalue weighted by Crippen LogP contribution is -1.98. The van der Waals surface area contributed by atoms with E-state index in [4.69, 9.17) is 29.9 Å². The van der Waals surface area contributed by atoms with Gasteiger partial charge in [0.1, 0.15) is 0 Å². The number of ether oxygens (including phenoxy) is 3. The Morgan fingerprint density at radius 1 is 1.27 bits per heavy atom. The average Bonchev–Trinajstić information content (AvgIpc) is 2.25. The number of benzene rings is 1. The fourth-order valence-electron chi connectivity index (χ4n) is 1.12. The van der Waals surface area contributed by atoms with E-state index in [1.165, 1.54) is 26.4 Å². The molecule has 0 heterocycles. The molecule has 1 aromatic carbocycles. The first kappa shape index (κ1) is 7.82. The first-order valence-corrected chi connectivity index (χ1v) is 4.31. The van der Waals surface area contributed by atoms with E-state index < -0.39 is 12.3 Å². The van der Waals surface area contributed by atoms with Crippen LogP contribution in [0.2, 0.25) is 0 Å². The molecule has 0 saturated carbocycles. The van der Waals surface area contributed by atoms with Gasteiger partial charge in [0.2, 0.25) is 5.75 Å². The van der Waals surface area contributed by atoms with E-state index >= 15 is 0 Å². The van der Waals surface area contributed by atoms with Crippen LogP contribution in [0.3, 0.4) is 0 Å². The van der Waals surface area contributed by atoms with Gasteiger partial charge in [0.05, 0.1) is 25.4 Å². The lowest BCUT2D eigenvalue weighted by molar-refractivity contribution is 0.108. The lowest BCUT2D eigenvalue weighted by Gasteiger charge is -2.12. The zero-order valence-corrected chi connectivity index (χ0v) is 8.92. The van der Waals surface area contributed by atoms with Gasteiger partial charge in [-0.25, -0.2) is 0 Å². The minimum Gasteiger partial charge on any atom is -0.493 e. The molecule has 5 heteroatoms. The Hall–Kier alpha value is -1.42. The minimum atomic E-state index is -2.67. The molecule has 0 spiro atoms. The molecular formula is C10H11ClO4. The van der Waals surface area contributed by atoms with Crippen LogP contribution in [0, 0.1) is 0 Å². The molecule has 1 rings (SSSR count). The van der Waals surface area contributed by atoms with Crippen molar-refractivity contribution in [2.75, 3.05) is 21.3 Å². The third-order valence-electron chi connectivity index (χ3n) is 1.78. The maximum absolute atomic E-state index is 11.1. The average molecular weight is 234 g/mol. The van der Waals surface area contributed by atoms with E-state index in [-0.39, 0.29) is 22.8 Å². The molecule has 0 aliphatic rings. The number of methoxy groups -OCH3 is 3. The first-order valence-electron chi connectivity index (χ1n) is 5.43. The number of carbonyl (C=O) groups is 1. The summed E-state index contributed by atoms with van der Waals surface area (Å²) in [5.41, 5.74) is 0.0496. The van der Waals surface area contributed by atoms with Crippen molar-refractivity contribution < 1.29 is 23.1 Å². The SMILES string of the molecule is [2H]C([2H])([2H])Oc1cc(C(=O)Cl)cc(OC)c1OC. The molecule has 82 valence electrons. The second kappa shape index (κ2) is 4.89. The summed E-state index contributed by atoms with van der Waals surface area (Å²) in [4.78, 5) is 11.1. The van der Waals surface area contributed by atoms with E-state index in [1.807, 2.05) is 0 Å². The zero-order chi connectivity index (χ0) is 13.9. The highest BCUT2D eigenvalue weighted by Crippen LogP contribution is 2.38. The minimum absolute atomic E-state index is 0.0496. The van der Waals surface area contributed by atoms with Crippen molar-refractivity contribution in [2.24, 2.45) is 0 Å². The van der Waals surface area contributed by atoms with Gasteiger partial charge in [-0.3, -0.25) is 4.79 Å². The number of hydrogen-bond donors (Lipinski definition) is 0. The summed E-state index contributed by atoms with van der Waals surface area (Å²) in [6.45, 7) is 0. The van der Waals surface area contributed by atoms with Crippen molar-refractivity contribution in [1.82, 2.24) is 0 Å². The molecule has 15 heavy (non-hydrogen) atoms. The summed E-state index contributed by atoms with van der Waals surface area (Å²) < 4.78 is 35.8. The van der Waals surface area contributed by atoms with Crippen LogP contribution in [0.15, 0.2) is 12.1 Å². The summed E-state index contributed by atoms with van der Waals surface area (Å²) in [6, 6.07) is 2.52. The van der Waals surface area contributed by atoms with Gasteiger partial charge in [-0.1, -0.05) is 0 Å². The fraction of sp³-hybridized carbons (Fsp3) is 0.300. The molecule has 0 N–H and O–H groups in total. The summed E-state index contributed by atoms with van der Waals surface area (Å²) >= 11 is 5.34. The maximum Gasteiger partial charge on any atom is 0.252 e. The van der Waals surface area contributed by atoms with E-state index in [1.54, 1.807) is 0 Å². The molecule has 4 nitrogen and oxygen atoms in total. The third kappa shape index (κ3) is 2.33. The third-order valence-corrected chi connectivity index (χ3v) is 2.00. The highest BCUT2D eigenvalue weighted by molar-refractivity contribution is 6.67. The van der Waals surface area contributed by atoms with Gasteiger partial charge in [-0.15, -0.1) is 0 Å². The van der Waals surface area contributed by atoms with Crippen LogP contribution in [-0.2, 0) is 0 Å². The Bertz CT molecular complexity index is 459. The summed E-state index contributed by atoms with van der Waals surface area (Å²) in [7, 11) is -0.00183. The number of hydrogen-bond acceptors (Lipinski definition) is 4. The van der Waals surface area contributed by atoms with Crippen LogP contribution in [0.5, 0.6) is 17.2 Å². The molecule has 0 bridgehead atoms.